The molecule has 0 spiro atoms. The van der Waals surface area contributed by atoms with Gasteiger partial charge in [0.2, 0.25) is 0 Å². The molecule has 0 aliphatic heterocycles. The molecular weight excluding hydrogens is 460 g/mol. The van der Waals surface area contributed by atoms with Crippen molar-refractivity contribution in [3.05, 3.63) is 94.3 Å². The summed E-state index contributed by atoms with van der Waals surface area (Å²) in [6, 6.07) is 24.7. The van der Waals surface area contributed by atoms with Gasteiger partial charge in [-0.15, -0.1) is 11.3 Å². The summed E-state index contributed by atoms with van der Waals surface area (Å²) in [5.41, 5.74) is 4.18. The van der Waals surface area contributed by atoms with Crippen LogP contribution in [0, 0.1) is 0 Å². The molecule has 0 aliphatic carbocycles. The van der Waals surface area contributed by atoms with Crippen LogP contribution in [0.25, 0.3) is 32.9 Å². The van der Waals surface area contributed by atoms with Gasteiger partial charge in [0.25, 0.3) is 5.91 Å². The molecule has 0 bridgehead atoms. The highest BCUT2D eigenvalue weighted by Crippen LogP contribution is 2.34. The number of likely N-dealkylation sites (N-methyl/N-ethyl adjacent to an activating group) is 1. The highest BCUT2D eigenvalue weighted by Gasteiger charge is 2.21. The Kier molecular flexibility index (Phi) is 6.31. The third-order valence-electron chi connectivity index (χ3n) is 5.60. The summed E-state index contributed by atoms with van der Waals surface area (Å²) < 4.78 is 6.96. The van der Waals surface area contributed by atoms with Crippen LogP contribution in [0.2, 0.25) is 0 Å². The van der Waals surface area contributed by atoms with Gasteiger partial charge in [0, 0.05) is 29.9 Å². The summed E-state index contributed by atoms with van der Waals surface area (Å²) in [6.07, 6.45) is 0. The molecule has 5 aromatic rings. The SMILES string of the molecule is CN(C)CCn1c(=O)oc2ccc(NC(=O)c3sc(-c4ccccc4)nc3-c3ccccc3)cc21. The molecule has 0 aliphatic rings. The lowest BCUT2D eigenvalue weighted by Crippen LogP contribution is -2.23. The third kappa shape index (κ3) is 4.80. The van der Waals surface area contributed by atoms with Gasteiger partial charge in [-0.25, -0.2) is 9.78 Å². The topological polar surface area (TPSA) is 80.4 Å². The lowest BCUT2D eigenvalue weighted by Gasteiger charge is -2.10. The number of hydrogen-bond donors (Lipinski definition) is 1. The number of amides is 1. The van der Waals surface area contributed by atoms with Crippen LogP contribution >= 0.6 is 11.3 Å². The first-order chi connectivity index (χ1) is 17.0. The molecule has 7 nitrogen and oxygen atoms in total. The maximum atomic E-state index is 13.5. The molecular formula is C27H24N4O3S. The van der Waals surface area contributed by atoms with Crippen molar-refractivity contribution in [2.24, 2.45) is 0 Å². The highest BCUT2D eigenvalue weighted by molar-refractivity contribution is 7.17. The zero-order valence-corrected chi connectivity index (χ0v) is 20.2. The van der Waals surface area contributed by atoms with Gasteiger partial charge in [0.15, 0.2) is 5.58 Å². The van der Waals surface area contributed by atoms with Crippen molar-refractivity contribution in [3.8, 4) is 21.8 Å². The molecule has 1 N–H and O–H groups in total. The highest BCUT2D eigenvalue weighted by atomic mass is 32.1. The van der Waals surface area contributed by atoms with Crippen LogP contribution in [0.5, 0.6) is 0 Å². The van der Waals surface area contributed by atoms with Crippen molar-refractivity contribution in [1.29, 1.82) is 0 Å². The second-order valence-electron chi connectivity index (χ2n) is 8.39. The summed E-state index contributed by atoms with van der Waals surface area (Å²) in [5, 5.41) is 3.77. The fraction of sp³-hybridized carbons (Fsp3) is 0.148. The maximum absolute atomic E-state index is 13.5. The minimum absolute atomic E-state index is 0.256. The number of fused-ring (bicyclic) bond motifs is 1. The molecule has 3 aromatic carbocycles. The summed E-state index contributed by atoms with van der Waals surface area (Å²) in [7, 11) is 3.89. The van der Waals surface area contributed by atoms with Crippen LogP contribution in [-0.4, -0.2) is 41.0 Å². The molecule has 2 aromatic heterocycles. The van der Waals surface area contributed by atoms with E-state index in [1.54, 1.807) is 22.8 Å². The van der Waals surface area contributed by atoms with E-state index in [-0.39, 0.29) is 5.91 Å². The van der Waals surface area contributed by atoms with Gasteiger partial charge in [0.05, 0.1) is 11.2 Å². The summed E-state index contributed by atoms with van der Waals surface area (Å²) in [5.74, 6) is -0.666. The fourth-order valence-corrected chi connectivity index (χ4v) is 4.80. The largest absolute Gasteiger partial charge is 0.419 e. The zero-order valence-electron chi connectivity index (χ0n) is 19.4. The average molecular weight is 485 g/mol. The fourth-order valence-electron chi connectivity index (χ4n) is 3.81. The first-order valence-corrected chi connectivity index (χ1v) is 12.0. The van der Waals surface area contributed by atoms with Crippen molar-refractivity contribution < 1.29 is 9.21 Å². The number of nitrogens with zero attached hydrogens (tertiary/aromatic N) is 3. The molecule has 176 valence electrons. The van der Waals surface area contributed by atoms with Crippen LogP contribution in [0.15, 0.2) is 88.1 Å². The number of thiazole rings is 1. The van der Waals surface area contributed by atoms with Crippen molar-refractivity contribution in [1.82, 2.24) is 14.5 Å². The predicted octanol–water partition coefficient (Wildman–Crippen LogP) is 5.20. The van der Waals surface area contributed by atoms with E-state index in [9.17, 15) is 9.59 Å². The lowest BCUT2D eigenvalue weighted by atomic mass is 10.1. The Labute approximate surface area is 206 Å². The monoisotopic (exact) mass is 484 g/mol. The number of carbonyl (C=O) groups excluding carboxylic acids is 1. The Morgan fingerprint density at radius 1 is 1.00 bits per heavy atom. The van der Waals surface area contributed by atoms with E-state index in [1.807, 2.05) is 79.7 Å². The van der Waals surface area contributed by atoms with Crippen molar-refractivity contribution >= 4 is 34.0 Å². The molecule has 0 saturated heterocycles. The summed E-state index contributed by atoms with van der Waals surface area (Å²) in [4.78, 5) is 33.1. The van der Waals surface area contributed by atoms with Gasteiger partial charge in [-0.05, 0) is 32.3 Å². The third-order valence-corrected chi connectivity index (χ3v) is 6.70. The quantitative estimate of drug-likeness (QED) is 0.344. The van der Waals surface area contributed by atoms with Crippen LogP contribution in [0.4, 0.5) is 5.69 Å². The van der Waals surface area contributed by atoms with Gasteiger partial charge >= 0.3 is 5.76 Å². The Morgan fingerprint density at radius 3 is 2.37 bits per heavy atom. The molecule has 5 rings (SSSR count). The molecule has 0 fully saturated rings. The number of benzene rings is 3. The second kappa shape index (κ2) is 9.69. The number of oxazole rings is 1. The molecule has 2 heterocycles. The lowest BCUT2D eigenvalue weighted by molar-refractivity contribution is 0.103. The molecule has 0 atom stereocenters. The van der Waals surface area contributed by atoms with Crippen molar-refractivity contribution in [3.63, 3.8) is 0 Å². The smallest absolute Gasteiger partial charge is 0.408 e. The van der Waals surface area contributed by atoms with E-state index in [0.29, 0.717) is 40.4 Å². The van der Waals surface area contributed by atoms with Gasteiger partial charge in [-0.1, -0.05) is 60.7 Å². The van der Waals surface area contributed by atoms with E-state index in [0.717, 1.165) is 16.1 Å². The number of nitrogens with one attached hydrogen (secondary N) is 1. The van der Waals surface area contributed by atoms with E-state index in [4.69, 9.17) is 9.40 Å². The van der Waals surface area contributed by atoms with E-state index in [1.165, 1.54) is 11.3 Å². The molecule has 35 heavy (non-hydrogen) atoms. The summed E-state index contributed by atoms with van der Waals surface area (Å²) in [6.45, 7) is 1.18. The first-order valence-electron chi connectivity index (χ1n) is 11.2. The number of carbonyl (C=O) groups is 1. The molecule has 0 radical (unpaired) electrons. The van der Waals surface area contributed by atoms with E-state index >= 15 is 0 Å². The van der Waals surface area contributed by atoms with Gasteiger partial charge in [0.1, 0.15) is 9.88 Å². The zero-order chi connectivity index (χ0) is 24.4. The van der Waals surface area contributed by atoms with Crippen LogP contribution in [0.3, 0.4) is 0 Å². The first kappa shape index (κ1) is 22.8. The normalized spacial score (nSPS) is 11.3. The molecule has 1 amide bonds. The average Bonchev–Trinajstić information content (AvgIpc) is 3.45. The minimum Gasteiger partial charge on any atom is -0.408 e. The molecule has 8 heteroatoms. The van der Waals surface area contributed by atoms with E-state index in [2.05, 4.69) is 5.32 Å². The summed E-state index contributed by atoms with van der Waals surface area (Å²) >= 11 is 1.35. The second-order valence-corrected chi connectivity index (χ2v) is 9.39. The Hall–Kier alpha value is -4.01. The van der Waals surface area contributed by atoms with Crippen LogP contribution in [-0.2, 0) is 6.54 Å². The number of aromatic nitrogens is 2. The molecule has 0 unspecified atom stereocenters. The van der Waals surface area contributed by atoms with Crippen molar-refractivity contribution in [2.45, 2.75) is 6.54 Å². The van der Waals surface area contributed by atoms with Gasteiger partial charge in [-0.2, -0.15) is 0 Å². The van der Waals surface area contributed by atoms with Gasteiger partial charge < -0.3 is 14.6 Å². The maximum Gasteiger partial charge on any atom is 0.419 e. The minimum atomic E-state index is -0.411. The van der Waals surface area contributed by atoms with Crippen molar-refractivity contribution in [2.75, 3.05) is 26.0 Å². The number of rotatable bonds is 7. The Balaban J connectivity index is 1.50. The van der Waals surface area contributed by atoms with Crippen LogP contribution < -0.4 is 11.1 Å². The van der Waals surface area contributed by atoms with E-state index < -0.39 is 5.76 Å². The Bertz CT molecular complexity index is 1540. The standard InChI is InChI=1S/C27H24N4O3S/c1-30(2)15-16-31-21-17-20(13-14-22(21)34-27(31)33)28-25(32)24-23(18-9-5-3-6-10-18)29-26(35-24)19-11-7-4-8-12-19/h3-14,17H,15-16H2,1-2H3,(H,28,32). The van der Waals surface area contributed by atoms with Gasteiger partial charge in [-0.3, -0.25) is 9.36 Å². The Morgan fingerprint density at radius 2 is 1.69 bits per heavy atom. The predicted molar refractivity (Wildman–Crippen MR) is 140 cm³/mol. The molecule has 0 saturated carbocycles. The van der Waals surface area contributed by atoms with Crippen LogP contribution in [0.1, 0.15) is 9.67 Å². The number of anilines is 1. The number of hydrogen-bond acceptors (Lipinski definition) is 6.